The minimum Gasteiger partial charge on any atom is -1.00 e. The fourth-order valence-electron chi connectivity index (χ4n) is 5.71. The number of hydrogen-bond acceptors (Lipinski definition) is 5. The molecule has 1 aliphatic carbocycles. The number of halogens is 1. The smallest absolute Gasteiger partial charge is 0.340 e. The number of benzene rings is 3. The molecule has 7 heteroatoms. The molecule has 38 heavy (non-hydrogen) atoms. The van der Waals surface area contributed by atoms with Crippen molar-refractivity contribution in [3.05, 3.63) is 94.6 Å². The van der Waals surface area contributed by atoms with Crippen molar-refractivity contribution < 1.29 is 36.3 Å². The maximum atomic E-state index is 13.6. The monoisotopic (exact) mass is 534 g/mol. The molecule has 3 aromatic rings. The predicted octanol–water partition coefficient (Wildman–Crippen LogP) is 0.563. The van der Waals surface area contributed by atoms with E-state index in [1.807, 2.05) is 12.1 Å². The molecule has 1 saturated heterocycles. The Morgan fingerprint density at radius 1 is 0.816 bits per heavy atom. The summed E-state index contributed by atoms with van der Waals surface area (Å²) in [4.78, 5) is 17.1. The molecule has 1 N–H and O–H groups in total. The van der Waals surface area contributed by atoms with Crippen LogP contribution >= 0.6 is 0 Å². The van der Waals surface area contributed by atoms with Gasteiger partial charge in [0.1, 0.15) is 0 Å². The van der Waals surface area contributed by atoms with E-state index in [1.165, 1.54) is 11.1 Å². The van der Waals surface area contributed by atoms with Crippen LogP contribution in [0.5, 0.6) is 17.2 Å². The summed E-state index contributed by atoms with van der Waals surface area (Å²) in [6.07, 6.45) is 3.45. The van der Waals surface area contributed by atoms with Crippen LogP contribution < -0.4 is 31.5 Å². The number of ether oxygens (including phenoxy) is 3. The highest BCUT2D eigenvalue weighted by Gasteiger charge is 2.34. The topological polar surface area (TPSA) is 52.4 Å². The molecule has 0 spiro atoms. The first-order valence-corrected chi connectivity index (χ1v) is 12.9. The zero-order valence-electron chi connectivity index (χ0n) is 22.2. The van der Waals surface area contributed by atoms with E-state index >= 15 is 0 Å². The van der Waals surface area contributed by atoms with Gasteiger partial charge < -0.3 is 26.6 Å². The third-order valence-corrected chi connectivity index (χ3v) is 7.55. The lowest BCUT2D eigenvalue weighted by Gasteiger charge is -2.37. The molecular formula is C31H35ClN2O4. The Morgan fingerprint density at radius 2 is 1.39 bits per heavy atom. The molecule has 1 heterocycles. The highest BCUT2D eigenvalue weighted by atomic mass is 35.5. The second kappa shape index (κ2) is 12.5. The molecule has 0 aromatic heterocycles. The molecule has 5 rings (SSSR count). The van der Waals surface area contributed by atoms with Gasteiger partial charge in [-0.2, -0.15) is 0 Å². The van der Waals surface area contributed by atoms with Crippen LogP contribution in [0.2, 0.25) is 0 Å². The van der Waals surface area contributed by atoms with Crippen molar-refractivity contribution in [3.8, 4) is 17.2 Å². The van der Waals surface area contributed by atoms with Crippen LogP contribution in [0.15, 0.2) is 72.3 Å². The second-order valence-electron chi connectivity index (χ2n) is 9.58. The normalized spacial score (nSPS) is 15.7. The third-order valence-electron chi connectivity index (χ3n) is 7.55. The number of nitrogens with zero attached hydrogens (tertiary/aromatic N) is 1. The molecule has 1 amide bonds. The number of piperazine rings is 1. The van der Waals surface area contributed by atoms with Crippen LogP contribution in [0.3, 0.4) is 0 Å². The van der Waals surface area contributed by atoms with Crippen LogP contribution in [0.1, 0.15) is 34.7 Å². The lowest BCUT2D eigenvalue weighted by Crippen LogP contribution is -3.17. The van der Waals surface area contributed by atoms with Gasteiger partial charge in [-0.15, -0.1) is 0 Å². The quantitative estimate of drug-likeness (QED) is 0.480. The van der Waals surface area contributed by atoms with E-state index < -0.39 is 0 Å². The highest BCUT2D eigenvalue weighted by Crippen LogP contribution is 2.44. The zero-order valence-corrected chi connectivity index (χ0v) is 23.0. The average Bonchev–Trinajstić information content (AvgIpc) is 2.97. The highest BCUT2D eigenvalue weighted by molar-refractivity contribution is 5.93. The SMILES string of the molecule is COc1cc2c(c(OC)c1OC)CCC(C(=O)[NH+]1CCN(C(c3ccccc3)c3ccccc3)CC1)=C2.[Cl-]. The summed E-state index contributed by atoms with van der Waals surface area (Å²) >= 11 is 0. The molecular weight excluding hydrogens is 500 g/mol. The Morgan fingerprint density at radius 3 is 1.92 bits per heavy atom. The summed E-state index contributed by atoms with van der Waals surface area (Å²) in [6.45, 7) is 3.29. The van der Waals surface area contributed by atoms with Crippen LogP contribution in [0.25, 0.3) is 6.08 Å². The van der Waals surface area contributed by atoms with E-state index in [9.17, 15) is 4.79 Å². The number of methoxy groups -OCH3 is 3. The molecule has 0 atom stereocenters. The predicted molar refractivity (Wildman–Crippen MR) is 144 cm³/mol. The van der Waals surface area contributed by atoms with E-state index in [0.717, 1.165) is 54.2 Å². The van der Waals surface area contributed by atoms with Gasteiger partial charge in [0.25, 0.3) is 0 Å². The fraction of sp³-hybridized carbons (Fsp3) is 0.323. The molecule has 3 aromatic carbocycles. The second-order valence-corrected chi connectivity index (χ2v) is 9.58. The maximum absolute atomic E-state index is 13.6. The maximum Gasteiger partial charge on any atom is 0.340 e. The molecule has 0 saturated carbocycles. The van der Waals surface area contributed by atoms with Gasteiger partial charge in [0.15, 0.2) is 11.5 Å². The van der Waals surface area contributed by atoms with E-state index in [-0.39, 0.29) is 24.4 Å². The summed E-state index contributed by atoms with van der Waals surface area (Å²) < 4.78 is 16.7. The Hall–Kier alpha value is -3.32. The van der Waals surface area contributed by atoms with Crippen LogP contribution in [0, 0.1) is 0 Å². The Bertz CT molecular complexity index is 1230. The standard InChI is InChI=1S/C31H34N2O4.ClH/c1-35-27-21-25-20-24(14-15-26(25)29(36-2)30(27)37-3)31(34)33-18-16-32(17-19-33)28(22-10-6-4-7-11-22)23-12-8-5-9-13-23;/h4-13,20-21,28H,14-19H2,1-3H3;1H. The first-order valence-electron chi connectivity index (χ1n) is 12.9. The van der Waals surface area contributed by atoms with Gasteiger partial charge in [-0.25, -0.2) is 4.79 Å². The van der Waals surface area contributed by atoms with Gasteiger partial charge in [-0.05, 0) is 41.7 Å². The molecule has 0 radical (unpaired) electrons. The van der Waals surface area contributed by atoms with Gasteiger partial charge in [-0.1, -0.05) is 60.7 Å². The molecule has 1 fully saturated rings. The largest absolute Gasteiger partial charge is 1.00 e. The van der Waals surface area contributed by atoms with Gasteiger partial charge in [-0.3, -0.25) is 9.80 Å². The van der Waals surface area contributed by atoms with Crippen LogP contribution in [-0.2, 0) is 11.2 Å². The minimum absolute atomic E-state index is 0. The summed E-state index contributed by atoms with van der Waals surface area (Å²) in [5.41, 5.74) is 5.47. The number of carbonyl (C=O) groups is 1. The summed E-state index contributed by atoms with van der Waals surface area (Å²) in [6, 6.07) is 23.4. The molecule has 1 aliphatic heterocycles. The Labute approximate surface area is 231 Å². The van der Waals surface area contributed by atoms with E-state index in [2.05, 4.69) is 65.6 Å². The lowest BCUT2D eigenvalue weighted by molar-refractivity contribution is -0.824. The number of nitrogens with one attached hydrogen (secondary N) is 1. The first kappa shape index (κ1) is 27.7. The van der Waals surface area contributed by atoms with Crippen LogP contribution in [-0.4, -0.2) is 58.3 Å². The van der Waals surface area contributed by atoms with Gasteiger partial charge in [0.05, 0.1) is 46.0 Å². The van der Waals surface area contributed by atoms with Crippen molar-refractivity contribution >= 4 is 12.0 Å². The zero-order chi connectivity index (χ0) is 25.8. The number of fused-ring (bicyclic) bond motifs is 1. The molecule has 6 nitrogen and oxygen atoms in total. The molecule has 0 bridgehead atoms. The average molecular weight is 535 g/mol. The Balaban J connectivity index is 0.00000336. The summed E-state index contributed by atoms with van der Waals surface area (Å²) in [5.74, 6) is 2.10. The van der Waals surface area contributed by atoms with E-state index in [4.69, 9.17) is 14.2 Å². The number of rotatable bonds is 7. The molecule has 0 unspecified atom stereocenters. The summed E-state index contributed by atoms with van der Waals surface area (Å²) in [7, 11) is 4.87. The van der Waals surface area contributed by atoms with E-state index in [1.54, 1.807) is 21.3 Å². The number of hydrogen-bond donors (Lipinski definition) is 1. The van der Waals surface area contributed by atoms with Crippen molar-refractivity contribution in [2.75, 3.05) is 47.5 Å². The van der Waals surface area contributed by atoms with Gasteiger partial charge >= 0.3 is 5.91 Å². The molecule has 2 aliphatic rings. The number of carbonyl (C=O) groups excluding carboxylic acids is 1. The van der Waals surface area contributed by atoms with Crippen molar-refractivity contribution in [1.82, 2.24) is 4.90 Å². The van der Waals surface area contributed by atoms with Gasteiger partial charge in [0.2, 0.25) is 5.75 Å². The minimum atomic E-state index is 0. The first-order chi connectivity index (χ1) is 18.1. The fourth-order valence-corrected chi connectivity index (χ4v) is 5.71. The van der Waals surface area contributed by atoms with Crippen molar-refractivity contribution in [2.45, 2.75) is 18.9 Å². The molecule has 200 valence electrons. The lowest BCUT2D eigenvalue weighted by atomic mass is 9.90. The number of quaternary nitrogens is 1. The number of amides is 1. The van der Waals surface area contributed by atoms with Crippen LogP contribution in [0.4, 0.5) is 0 Å². The summed E-state index contributed by atoms with van der Waals surface area (Å²) in [5, 5.41) is 0. The van der Waals surface area contributed by atoms with E-state index in [0.29, 0.717) is 23.7 Å². The van der Waals surface area contributed by atoms with Crippen molar-refractivity contribution in [3.63, 3.8) is 0 Å². The van der Waals surface area contributed by atoms with Crippen molar-refractivity contribution in [2.24, 2.45) is 0 Å². The third kappa shape index (κ3) is 5.44. The van der Waals surface area contributed by atoms with Gasteiger partial charge in [0, 0.05) is 18.7 Å². The van der Waals surface area contributed by atoms with Crippen molar-refractivity contribution in [1.29, 1.82) is 0 Å². The Kier molecular flexibility index (Phi) is 9.10.